The van der Waals surface area contributed by atoms with E-state index in [1.807, 2.05) is 0 Å². The zero-order valence-corrected chi connectivity index (χ0v) is 46.4. The quantitative estimate of drug-likeness (QED) is 0.0273. The van der Waals surface area contributed by atoms with Gasteiger partial charge < -0.3 is 75.5 Å². The lowest BCUT2D eigenvalue weighted by atomic mass is 9.95. The molecular formula is C57H110N2O15. The number of ether oxygens (including phenoxy) is 4. The highest BCUT2D eigenvalue weighted by Crippen LogP contribution is 2.30. The van der Waals surface area contributed by atoms with E-state index in [0.29, 0.717) is 12.8 Å². The Labute approximate surface area is 446 Å². The van der Waals surface area contributed by atoms with Crippen LogP contribution in [0.3, 0.4) is 0 Å². The summed E-state index contributed by atoms with van der Waals surface area (Å²) in [5, 5.41) is 102. The van der Waals surface area contributed by atoms with Gasteiger partial charge in [-0.1, -0.05) is 226 Å². The first kappa shape index (κ1) is 68.5. The second-order valence-electron chi connectivity index (χ2n) is 21.8. The molecule has 438 valence electrons. The average Bonchev–Trinajstić information content (AvgIpc) is 3.39. The van der Waals surface area contributed by atoms with Crippen LogP contribution in [0.2, 0.25) is 0 Å². The minimum absolute atomic E-state index is 0.203. The summed E-state index contributed by atoms with van der Waals surface area (Å²) in [6, 6.07) is -2.67. The molecule has 0 radical (unpaired) electrons. The van der Waals surface area contributed by atoms with Crippen LogP contribution < -0.4 is 10.6 Å². The molecule has 0 aromatic heterocycles. The molecule has 0 aromatic rings. The molecule has 2 fully saturated rings. The lowest BCUT2D eigenvalue weighted by Crippen LogP contribution is -2.67. The number of aliphatic hydroxyl groups is 9. The molecule has 0 aromatic carbocycles. The zero-order chi connectivity index (χ0) is 54.4. The Morgan fingerprint density at radius 2 is 0.892 bits per heavy atom. The van der Waals surface area contributed by atoms with Gasteiger partial charge in [-0.25, -0.2) is 0 Å². The van der Waals surface area contributed by atoms with Crippen LogP contribution in [0.1, 0.15) is 245 Å². The van der Waals surface area contributed by atoms with Crippen molar-refractivity contribution in [1.29, 1.82) is 0 Å². The van der Waals surface area contributed by atoms with E-state index in [2.05, 4.69) is 24.5 Å². The molecule has 2 aliphatic rings. The van der Waals surface area contributed by atoms with Crippen molar-refractivity contribution in [3.05, 3.63) is 0 Å². The van der Waals surface area contributed by atoms with Gasteiger partial charge in [0.25, 0.3) is 0 Å². The summed E-state index contributed by atoms with van der Waals surface area (Å²) in [6.07, 6.45) is 21.6. The largest absolute Gasteiger partial charge is 0.394 e. The Morgan fingerprint density at radius 1 is 0.500 bits per heavy atom. The number of aliphatic hydroxyl groups excluding tert-OH is 9. The fourth-order valence-corrected chi connectivity index (χ4v) is 10.3. The van der Waals surface area contributed by atoms with E-state index in [1.165, 1.54) is 154 Å². The Balaban J connectivity index is 1.89. The maximum Gasteiger partial charge on any atom is 0.249 e. The van der Waals surface area contributed by atoms with Crippen molar-refractivity contribution in [1.82, 2.24) is 10.6 Å². The fourth-order valence-electron chi connectivity index (χ4n) is 10.3. The van der Waals surface area contributed by atoms with Crippen LogP contribution in [0.5, 0.6) is 0 Å². The van der Waals surface area contributed by atoms with Gasteiger partial charge in [0.05, 0.1) is 32.0 Å². The Kier molecular flexibility index (Phi) is 40.1. The van der Waals surface area contributed by atoms with Crippen molar-refractivity contribution >= 4 is 11.8 Å². The number of nitrogens with one attached hydrogen (secondary N) is 2. The molecule has 14 atom stereocenters. The average molecular weight is 1060 g/mol. The number of carbonyl (C=O) groups is 2. The van der Waals surface area contributed by atoms with Crippen molar-refractivity contribution in [2.24, 2.45) is 0 Å². The first-order valence-corrected chi connectivity index (χ1v) is 29.9. The maximum absolute atomic E-state index is 13.4. The lowest BCUT2D eigenvalue weighted by Gasteiger charge is -2.47. The molecule has 0 aliphatic carbocycles. The first-order chi connectivity index (χ1) is 35.8. The van der Waals surface area contributed by atoms with Crippen LogP contribution in [0.25, 0.3) is 0 Å². The van der Waals surface area contributed by atoms with Crippen molar-refractivity contribution in [3.63, 3.8) is 0 Å². The predicted molar refractivity (Wildman–Crippen MR) is 287 cm³/mol. The van der Waals surface area contributed by atoms with Gasteiger partial charge >= 0.3 is 0 Å². The molecule has 2 heterocycles. The van der Waals surface area contributed by atoms with Gasteiger partial charge in [-0.2, -0.15) is 0 Å². The minimum atomic E-state index is -1.86. The summed E-state index contributed by atoms with van der Waals surface area (Å²) in [7, 11) is 0. The number of unbranched alkanes of at least 4 members (excludes halogenated alkanes) is 31. The smallest absolute Gasteiger partial charge is 0.249 e. The van der Waals surface area contributed by atoms with Crippen LogP contribution in [0.15, 0.2) is 0 Å². The van der Waals surface area contributed by atoms with Gasteiger partial charge in [0.2, 0.25) is 11.8 Å². The highest BCUT2D eigenvalue weighted by molar-refractivity contribution is 5.80. The fraction of sp³-hybridized carbons (Fsp3) is 0.965. The normalized spacial score (nSPS) is 25.9. The van der Waals surface area contributed by atoms with Crippen LogP contribution >= 0.6 is 0 Å². The third-order valence-electron chi connectivity index (χ3n) is 15.2. The first-order valence-electron chi connectivity index (χ1n) is 29.9. The van der Waals surface area contributed by atoms with Gasteiger partial charge in [-0.05, 0) is 12.8 Å². The number of carbonyl (C=O) groups excluding carboxylic acids is 2. The second-order valence-corrected chi connectivity index (χ2v) is 21.8. The van der Waals surface area contributed by atoms with E-state index >= 15 is 0 Å². The molecule has 2 saturated heterocycles. The van der Waals surface area contributed by atoms with Crippen LogP contribution in [0.4, 0.5) is 0 Å². The van der Waals surface area contributed by atoms with Crippen LogP contribution in [0, 0.1) is 0 Å². The van der Waals surface area contributed by atoms with Crippen molar-refractivity contribution < 1.29 is 74.5 Å². The van der Waals surface area contributed by atoms with Gasteiger partial charge in [0.15, 0.2) is 12.6 Å². The third-order valence-corrected chi connectivity index (χ3v) is 15.2. The Morgan fingerprint density at radius 3 is 1.30 bits per heavy atom. The van der Waals surface area contributed by atoms with Crippen LogP contribution in [-0.4, -0.2) is 163 Å². The van der Waals surface area contributed by atoms with E-state index in [1.54, 1.807) is 0 Å². The molecule has 11 N–H and O–H groups in total. The van der Waals surface area contributed by atoms with Gasteiger partial charge in [-0.15, -0.1) is 0 Å². The summed E-state index contributed by atoms with van der Waals surface area (Å²) >= 11 is 0. The number of hydrogen-bond donors (Lipinski definition) is 11. The molecule has 2 amide bonds. The molecule has 0 bridgehead atoms. The monoisotopic (exact) mass is 1060 g/mol. The highest BCUT2D eigenvalue weighted by atomic mass is 16.7. The summed E-state index contributed by atoms with van der Waals surface area (Å²) in [5.41, 5.74) is 0. The molecule has 2 aliphatic heterocycles. The van der Waals surface area contributed by atoms with E-state index in [0.717, 1.165) is 51.9 Å². The maximum atomic E-state index is 13.4. The van der Waals surface area contributed by atoms with Crippen LogP contribution in [-0.2, 0) is 28.5 Å². The molecule has 17 heteroatoms. The summed E-state index contributed by atoms with van der Waals surface area (Å²) < 4.78 is 23.2. The molecule has 0 spiro atoms. The second kappa shape index (κ2) is 43.3. The Hall–Kier alpha value is -1.58. The molecule has 2 rings (SSSR count). The third kappa shape index (κ3) is 28.9. The number of hydrogen-bond acceptors (Lipinski definition) is 15. The van der Waals surface area contributed by atoms with E-state index in [4.69, 9.17) is 18.9 Å². The molecule has 74 heavy (non-hydrogen) atoms. The standard InChI is InChI=1S/C57H110N2O15/c1-4-6-8-10-12-14-16-18-19-20-21-22-23-24-26-28-30-32-34-36-38-45(64)55(70)59-43(49(65)44(63)37-35-33-31-29-27-25-17-15-13-11-9-7-5-2)41-71-57-53(69)52(68)54(47(40-61)73-57)74-56-48(58-42(3)62)51(67)50(66)46(39-60)72-56/h43-54,56-57,60-61,63-69H,4-41H2,1-3H3,(H,58,62)(H,59,70). The van der Waals surface area contributed by atoms with E-state index < -0.39 is 117 Å². The highest BCUT2D eigenvalue weighted by Gasteiger charge is 2.51. The molecule has 14 unspecified atom stereocenters. The lowest BCUT2D eigenvalue weighted by molar-refractivity contribution is -0.347. The predicted octanol–water partition coefficient (Wildman–Crippen LogP) is 7.03. The van der Waals surface area contributed by atoms with Crippen molar-refractivity contribution in [2.45, 2.75) is 331 Å². The topological polar surface area (TPSA) is 277 Å². The number of amides is 2. The van der Waals surface area contributed by atoms with Gasteiger partial charge in [0, 0.05) is 6.92 Å². The van der Waals surface area contributed by atoms with Gasteiger partial charge in [-0.3, -0.25) is 9.59 Å². The molecule has 0 saturated carbocycles. The van der Waals surface area contributed by atoms with E-state index in [-0.39, 0.29) is 12.8 Å². The minimum Gasteiger partial charge on any atom is -0.394 e. The zero-order valence-electron chi connectivity index (χ0n) is 46.4. The van der Waals surface area contributed by atoms with E-state index in [9.17, 15) is 55.5 Å². The summed E-state index contributed by atoms with van der Waals surface area (Å²) in [5.74, 6) is -1.37. The SMILES string of the molecule is CCCCCCCCCCCCCCCCCCCCCCC(O)C(=O)NC(COC1OC(CO)C(OC2OC(CO)C(O)C(O)C2NC(C)=O)C(O)C1O)C(O)C(O)CCCCCCCCCCCCCCC. The van der Waals surface area contributed by atoms with Gasteiger partial charge in [0.1, 0.15) is 61.0 Å². The molecular weight excluding hydrogens is 953 g/mol. The Bertz CT molecular complexity index is 1350. The van der Waals surface area contributed by atoms with Crippen molar-refractivity contribution in [3.8, 4) is 0 Å². The number of rotatable bonds is 47. The summed E-state index contributed by atoms with van der Waals surface area (Å²) in [6.45, 7) is 3.59. The molecule has 17 nitrogen and oxygen atoms in total. The summed E-state index contributed by atoms with van der Waals surface area (Å²) in [4.78, 5) is 25.4. The van der Waals surface area contributed by atoms with Crippen molar-refractivity contribution in [2.75, 3.05) is 19.8 Å².